The fraction of sp³-hybridized carbons (Fsp3) is 0.167. The summed E-state index contributed by atoms with van der Waals surface area (Å²) in [5.74, 6) is -0.0377. The highest BCUT2D eigenvalue weighted by Crippen LogP contribution is 2.23. The van der Waals surface area contributed by atoms with Gasteiger partial charge in [-0.3, -0.25) is 4.79 Å². The molecule has 0 unspecified atom stereocenters. The number of fused-ring (bicyclic) bond motifs is 1. The minimum absolute atomic E-state index is 0.0377. The predicted octanol–water partition coefficient (Wildman–Crippen LogP) is 2.98. The van der Waals surface area contributed by atoms with Gasteiger partial charge < -0.3 is 5.32 Å². The summed E-state index contributed by atoms with van der Waals surface area (Å²) in [5, 5.41) is 2.81. The molecule has 0 spiro atoms. The first-order chi connectivity index (χ1) is 10.8. The van der Waals surface area contributed by atoms with Crippen LogP contribution in [0.25, 0.3) is 22.3 Å². The number of para-hydroxylation sites is 2. The maximum absolute atomic E-state index is 12.0. The summed E-state index contributed by atoms with van der Waals surface area (Å²) in [6.45, 7) is 2.52. The molecule has 3 aromatic rings. The first kappa shape index (κ1) is 14.2. The number of hydrogen-bond donors (Lipinski definition) is 1. The maximum Gasteiger partial charge on any atom is 0.226 e. The third-order valence-electron chi connectivity index (χ3n) is 3.39. The number of hydrogen-bond acceptors (Lipinski definition) is 3. The van der Waals surface area contributed by atoms with Gasteiger partial charge in [0.15, 0.2) is 0 Å². The quantitative estimate of drug-likeness (QED) is 0.804. The van der Waals surface area contributed by atoms with Gasteiger partial charge in [0.25, 0.3) is 0 Å². The molecule has 1 amide bonds. The predicted molar refractivity (Wildman–Crippen MR) is 87.4 cm³/mol. The minimum Gasteiger partial charge on any atom is -0.356 e. The van der Waals surface area contributed by atoms with E-state index < -0.39 is 0 Å². The van der Waals surface area contributed by atoms with Gasteiger partial charge in [0.05, 0.1) is 28.8 Å². The van der Waals surface area contributed by atoms with Crippen molar-refractivity contribution in [1.82, 2.24) is 15.3 Å². The summed E-state index contributed by atoms with van der Waals surface area (Å²) in [7, 11) is 0. The third-order valence-corrected chi connectivity index (χ3v) is 3.39. The Labute approximate surface area is 129 Å². The van der Waals surface area contributed by atoms with Crippen LogP contribution in [0.1, 0.15) is 12.6 Å². The van der Waals surface area contributed by atoms with E-state index >= 15 is 0 Å². The van der Waals surface area contributed by atoms with E-state index in [4.69, 9.17) is 4.98 Å². The highest BCUT2D eigenvalue weighted by Gasteiger charge is 2.13. The van der Waals surface area contributed by atoms with Crippen LogP contribution in [0.5, 0.6) is 0 Å². The summed E-state index contributed by atoms with van der Waals surface area (Å²) in [5.41, 5.74) is 4.09. The lowest BCUT2D eigenvalue weighted by Crippen LogP contribution is -2.25. The lowest BCUT2D eigenvalue weighted by molar-refractivity contribution is -0.120. The molecule has 0 atom stereocenters. The van der Waals surface area contributed by atoms with Crippen LogP contribution < -0.4 is 5.32 Å². The van der Waals surface area contributed by atoms with E-state index in [2.05, 4.69) is 10.3 Å². The highest BCUT2D eigenvalue weighted by molar-refractivity contribution is 5.83. The summed E-state index contributed by atoms with van der Waals surface area (Å²) >= 11 is 0. The number of carbonyl (C=O) groups excluding carboxylic acids is 1. The van der Waals surface area contributed by atoms with E-state index in [0.29, 0.717) is 12.2 Å². The van der Waals surface area contributed by atoms with Crippen molar-refractivity contribution in [3.63, 3.8) is 0 Å². The zero-order chi connectivity index (χ0) is 15.4. The van der Waals surface area contributed by atoms with Gasteiger partial charge in [-0.2, -0.15) is 0 Å². The largest absolute Gasteiger partial charge is 0.356 e. The Morgan fingerprint density at radius 1 is 0.955 bits per heavy atom. The minimum atomic E-state index is -0.0377. The van der Waals surface area contributed by atoms with Crippen molar-refractivity contribution in [3.8, 4) is 11.3 Å². The summed E-state index contributed by atoms with van der Waals surface area (Å²) in [6.07, 6.45) is 0.232. The van der Waals surface area contributed by atoms with Gasteiger partial charge in [0, 0.05) is 12.1 Å². The average molecular weight is 291 g/mol. The number of aromatic nitrogens is 2. The molecule has 0 radical (unpaired) electrons. The van der Waals surface area contributed by atoms with Gasteiger partial charge in [-0.05, 0) is 19.1 Å². The number of nitrogens with zero attached hydrogens (tertiary/aromatic N) is 2. The maximum atomic E-state index is 12.0. The molecule has 2 aromatic carbocycles. The number of benzene rings is 2. The molecule has 0 saturated heterocycles. The fourth-order valence-corrected chi connectivity index (χ4v) is 2.40. The van der Waals surface area contributed by atoms with E-state index in [1.165, 1.54) is 0 Å². The normalized spacial score (nSPS) is 10.6. The van der Waals surface area contributed by atoms with Gasteiger partial charge in [-0.1, -0.05) is 42.5 Å². The van der Waals surface area contributed by atoms with Crippen LogP contribution in [0.3, 0.4) is 0 Å². The zero-order valence-electron chi connectivity index (χ0n) is 12.4. The Kier molecular flexibility index (Phi) is 4.10. The van der Waals surface area contributed by atoms with Gasteiger partial charge in [-0.25, -0.2) is 9.97 Å². The Balaban J connectivity index is 2.12. The molecule has 0 aliphatic rings. The zero-order valence-corrected chi connectivity index (χ0v) is 12.4. The lowest BCUT2D eigenvalue weighted by atomic mass is 10.1. The third kappa shape index (κ3) is 2.96. The van der Waals surface area contributed by atoms with Crippen LogP contribution in [0.4, 0.5) is 0 Å². The highest BCUT2D eigenvalue weighted by atomic mass is 16.1. The molecular formula is C18H17N3O. The first-order valence-electron chi connectivity index (χ1n) is 7.35. The molecule has 4 heteroatoms. The van der Waals surface area contributed by atoms with Crippen molar-refractivity contribution in [3.05, 3.63) is 60.3 Å². The van der Waals surface area contributed by atoms with Crippen molar-refractivity contribution < 1.29 is 4.79 Å². The van der Waals surface area contributed by atoms with Gasteiger partial charge in [0.2, 0.25) is 5.91 Å². The molecule has 0 saturated carbocycles. The van der Waals surface area contributed by atoms with E-state index in [1.807, 2.05) is 61.5 Å². The second-order valence-electron chi connectivity index (χ2n) is 5.00. The van der Waals surface area contributed by atoms with Crippen LogP contribution in [0.2, 0.25) is 0 Å². The number of likely N-dealkylation sites (N-methyl/N-ethyl adjacent to an activating group) is 1. The second kappa shape index (κ2) is 6.35. The fourth-order valence-electron chi connectivity index (χ4n) is 2.40. The molecule has 4 nitrogen and oxygen atoms in total. The Morgan fingerprint density at radius 2 is 1.59 bits per heavy atom. The van der Waals surface area contributed by atoms with Gasteiger partial charge in [0.1, 0.15) is 0 Å². The van der Waals surface area contributed by atoms with Crippen LogP contribution in [-0.2, 0) is 11.2 Å². The summed E-state index contributed by atoms with van der Waals surface area (Å²) in [4.78, 5) is 21.3. The smallest absolute Gasteiger partial charge is 0.226 e. The number of nitrogens with one attached hydrogen (secondary N) is 1. The van der Waals surface area contributed by atoms with Crippen molar-refractivity contribution in [2.75, 3.05) is 6.54 Å². The monoisotopic (exact) mass is 291 g/mol. The molecule has 3 rings (SSSR count). The first-order valence-corrected chi connectivity index (χ1v) is 7.35. The molecule has 0 aliphatic heterocycles. The molecule has 0 bridgehead atoms. The van der Waals surface area contributed by atoms with Crippen LogP contribution in [-0.4, -0.2) is 22.4 Å². The SMILES string of the molecule is CCNC(=O)Cc1nc2ccccc2nc1-c1ccccc1. The molecular weight excluding hydrogens is 274 g/mol. The number of rotatable bonds is 4. The molecule has 110 valence electrons. The number of amides is 1. The standard InChI is InChI=1S/C18H17N3O/c1-2-19-17(22)12-16-18(13-8-4-3-5-9-13)21-15-11-7-6-10-14(15)20-16/h3-11H,2,12H2,1H3,(H,19,22). The van der Waals surface area contributed by atoms with Gasteiger partial charge >= 0.3 is 0 Å². The Bertz CT molecular complexity index is 800. The Morgan fingerprint density at radius 3 is 2.27 bits per heavy atom. The van der Waals surface area contributed by atoms with Crippen molar-refractivity contribution in [1.29, 1.82) is 0 Å². The van der Waals surface area contributed by atoms with Gasteiger partial charge in [-0.15, -0.1) is 0 Å². The second-order valence-corrected chi connectivity index (χ2v) is 5.00. The Hall–Kier alpha value is -2.75. The molecule has 1 aromatic heterocycles. The molecule has 1 heterocycles. The number of carbonyl (C=O) groups is 1. The van der Waals surface area contributed by atoms with E-state index in [9.17, 15) is 4.79 Å². The van der Waals surface area contributed by atoms with Crippen LogP contribution >= 0.6 is 0 Å². The molecule has 0 fully saturated rings. The molecule has 22 heavy (non-hydrogen) atoms. The van der Waals surface area contributed by atoms with Crippen molar-refractivity contribution in [2.24, 2.45) is 0 Å². The topological polar surface area (TPSA) is 54.9 Å². The van der Waals surface area contributed by atoms with Crippen LogP contribution in [0.15, 0.2) is 54.6 Å². The van der Waals surface area contributed by atoms with E-state index in [1.54, 1.807) is 0 Å². The summed E-state index contributed by atoms with van der Waals surface area (Å²) < 4.78 is 0. The molecule has 1 N–H and O–H groups in total. The van der Waals surface area contributed by atoms with Crippen molar-refractivity contribution in [2.45, 2.75) is 13.3 Å². The summed E-state index contributed by atoms with van der Waals surface area (Å²) in [6, 6.07) is 17.6. The van der Waals surface area contributed by atoms with E-state index in [0.717, 1.165) is 22.3 Å². The lowest BCUT2D eigenvalue weighted by Gasteiger charge is -2.10. The molecule has 0 aliphatic carbocycles. The van der Waals surface area contributed by atoms with Crippen molar-refractivity contribution >= 4 is 16.9 Å². The van der Waals surface area contributed by atoms with Crippen LogP contribution in [0, 0.1) is 0 Å². The average Bonchev–Trinajstić information content (AvgIpc) is 2.55. The van der Waals surface area contributed by atoms with E-state index in [-0.39, 0.29) is 12.3 Å².